The summed E-state index contributed by atoms with van der Waals surface area (Å²) in [6, 6.07) is 19.2. The van der Waals surface area contributed by atoms with E-state index in [0.29, 0.717) is 22.5 Å². The zero-order valence-corrected chi connectivity index (χ0v) is 14.4. The molecule has 5 nitrogen and oxygen atoms in total. The molecule has 0 aliphatic rings. The lowest BCUT2D eigenvalue weighted by Crippen LogP contribution is -2.19. The SMILES string of the molecule is Cc1c(-c2cccc(C#N)c2)[nH]c2c(C)c(-c3ccccc3)nn2c1=O. The van der Waals surface area contributed by atoms with Crippen LogP contribution in [0.5, 0.6) is 0 Å². The Kier molecular flexibility index (Phi) is 3.67. The van der Waals surface area contributed by atoms with Crippen molar-refractivity contribution < 1.29 is 0 Å². The van der Waals surface area contributed by atoms with Crippen molar-refractivity contribution in [2.75, 3.05) is 0 Å². The van der Waals surface area contributed by atoms with Crippen LogP contribution < -0.4 is 5.56 Å². The second-order valence-electron chi connectivity index (χ2n) is 6.22. The lowest BCUT2D eigenvalue weighted by molar-refractivity contribution is 0.890. The van der Waals surface area contributed by atoms with Gasteiger partial charge in [0.15, 0.2) is 0 Å². The van der Waals surface area contributed by atoms with E-state index in [4.69, 9.17) is 5.26 Å². The summed E-state index contributed by atoms with van der Waals surface area (Å²) in [5.74, 6) is 0. The fourth-order valence-electron chi connectivity index (χ4n) is 3.17. The van der Waals surface area contributed by atoms with Crippen molar-refractivity contribution >= 4 is 5.65 Å². The Hall–Kier alpha value is -3.65. The number of benzene rings is 2. The maximum atomic E-state index is 12.9. The largest absolute Gasteiger partial charge is 0.339 e. The summed E-state index contributed by atoms with van der Waals surface area (Å²) in [6.45, 7) is 3.72. The number of nitrogens with zero attached hydrogens (tertiary/aromatic N) is 3. The van der Waals surface area contributed by atoms with E-state index >= 15 is 0 Å². The van der Waals surface area contributed by atoms with Crippen LogP contribution in [0.25, 0.3) is 28.2 Å². The Morgan fingerprint density at radius 3 is 2.46 bits per heavy atom. The van der Waals surface area contributed by atoms with E-state index in [0.717, 1.165) is 22.4 Å². The second kappa shape index (κ2) is 6.01. The molecule has 0 saturated heterocycles. The average molecular weight is 340 g/mol. The van der Waals surface area contributed by atoms with Crippen molar-refractivity contribution in [3.63, 3.8) is 0 Å². The summed E-state index contributed by atoms with van der Waals surface area (Å²) < 4.78 is 1.42. The van der Waals surface area contributed by atoms with Gasteiger partial charge >= 0.3 is 0 Å². The molecule has 0 bridgehead atoms. The van der Waals surface area contributed by atoms with Gasteiger partial charge in [-0.05, 0) is 31.5 Å². The average Bonchev–Trinajstić information content (AvgIpc) is 3.02. The quantitative estimate of drug-likeness (QED) is 0.602. The molecule has 2 heterocycles. The van der Waals surface area contributed by atoms with E-state index in [1.807, 2.05) is 49.4 Å². The molecular weight excluding hydrogens is 324 g/mol. The first-order valence-corrected chi connectivity index (χ1v) is 8.28. The van der Waals surface area contributed by atoms with Gasteiger partial charge in [0, 0.05) is 16.7 Å². The normalized spacial score (nSPS) is 10.8. The van der Waals surface area contributed by atoms with Gasteiger partial charge < -0.3 is 4.98 Å². The van der Waals surface area contributed by atoms with E-state index < -0.39 is 0 Å². The van der Waals surface area contributed by atoms with Gasteiger partial charge in [0.05, 0.1) is 23.0 Å². The minimum absolute atomic E-state index is 0.165. The molecule has 2 aromatic carbocycles. The number of H-pyrrole nitrogens is 1. The Bertz CT molecular complexity index is 1230. The summed E-state index contributed by atoms with van der Waals surface area (Å²) in [6.07, 6.45) is 0. The van der Waals surface area contributed by atoms with Crippen molar-refractivity contribution in [2.45, 2.75) is 13.8 Å². The molecular formula is C21H16N4O. The summed E-state index contributed by atoms with van der Waals surface area (Å²) >= 11 is 0. The van der Waals surface area contributed by atoms with Crippen LogP contribution in [-0.4, -0.2) is 14.6 Å². The van der Waals surface area contributed by atoms with Crippen molar-refractivity contribution in [3.8, 4) is 28.6 Å². The number of nitrogens with one attached hydrogen (secondary N) is 1. The Balaban J connectivity index is 2.01. The number of hydrogen-bond acceptors (Lipinski definition) is 3. The van der Waals surface area contributed by atoms with Crippen LogP contribution in [-0.2, 0) is 0 Å². The molecule has 4 rings (SSSR count). The van der Waals surface area contributed by atoms with Crippen LogP contribution >= 0.6 is 0 Å². The number of aryl methyl sites for hydroxylation is 1. The smallest absolute Gasteiger partial charge is 0.277 e. The Morgan fingerprint density at radius 2 is 1.73 bits per heavy atom. The number of rotatable bonds is 2. The molecule has 126 valence electrons. The van der Waals surface area contributed by atoms with E-state index in [2.05, 4.69) is 16.2 Å². The monoisotopic (exact) mass is 340 g/mol. The van der Waals surface area contributed by atoms with Gasteiger partial charge in [-0.2, -0.15) is 14.9 Å². The first-order valence-electron chi connectivity index (χ1n) is 8.28. The molecule has 1 N–H and O–H groups in total. The first-order chi connectivity index (χ1) is 12.6. The lowest BCUT2D eigenvalue weighted by atomic mass is 10.0. The highest BCUT2D eigenvalue weighted by Crippen LogP contribution is 2.26. The van der Waals surface area contributed by atoms with Crippen molar-refractivity contribution in [1.82, 2.24) is 14.6 Å². The topological polar surface area (TPSA) is 73.9 Å². The Labute approximate surface area is 150 Å². The van der Waals surface area contributed by atoms with Crippen LogP contribution in [0.1, 0.15) is 16.7 Å². The molecule has 0 spiro atoms. The Morgan fingerprint density at radius 1 is 1.00 bits per heavy atom. The molecule has 0 saturated carbocycles. The summed E-state index contributed by atoms with van der Waals surface area (Å²) in [7, 11) is 0. The molecule has 4 aromatic rings. The third kappa shape index (κ3) is 2.40. The highest BCUT2D eigenvalue weighted by Gasteiger charge is 2.17. The van der Waals surface area contributed by atoms with Gasteiger partial charge in [-0.15, -0.1) is 0 Å². The third-order valence-electron chi connectivity index (χ3n) is 4.58. The predicted octanol–water partition coefficient (Wildman–Crippen LogP) is 3.85. The fraction of sp³-hybridized carbons (Fsp3) is 0.0952. The number of aromatic nitrogens is 3. The van der Waals surface area contributed by atoms with Crippen LogP contribution in [0.2, 0.25) is 0 Å². The van der Waals surface area contributed by atoms with Gasteiger partial charge in [-0.1, -0.05) is 42.5 Å². The molecule has 0 aliphatic heterocycles. The molecule has 2 aromatic heterocycles. The molecule has 5 heteroatoms. The summed E-state index contributed by atoms with van der Waals surface area (Å²) in [5, 5.41) is 13.7. The predicted molar refractivity (Wildman–Crippen MR) is 101 cm³/mol. The van der Waals surface area contributed by atoms with Gasteiger partial charge in [-0.3, -0.25) is 4.79 Å². The highest BCUT2D eigenvalue weighted by atomic mass is 16.1. The zero-order valence-electron chi connectivity index (χ0n) is 14.4. The van der Waals surface area contributed by atoms with Crippen molar-refractivity contribution in [3.05, 3.63) is 81.6 Å². The maximum Gasteiger partial charge on any atom is 0.277 e. The van der Waals surface area contributed by atoms with Crippen LogP contribution in [0.4, 0.5) is 0 Å². The summed E-state index contributed by atoms with van der Waals surface area (Å²) in [4.78, 5) is 16.2. The number of fused-ring (bicyclic) bond motifs is 1. The molecule has 0 fully saturated rings. The van der Waals surface area contributed by atoms with Crippen LogP contribution in [0.15, 0.2) is 59.4 Å². The van der Waals surface area contributed by atoms with Gasteiger partial charge in [-0.25, -0.2) is 0 Å². The number of nitriles is 1. The lowest BCUT2D eigenvalue weighted by Gasteiger charge is -2.07. The molecule has 0 atom stereocenters. The van der Waals surface area contributed by atoms with E-state index in [9.17, 15) is 4.79 Å². The van der Waals surface area contributed by atoms with Crippen molar-refractivity contribution in [2.24, 2.45) is 0 Å². The number of hydrogen-bond donors (Lipinski definition) is 1. The number of aromatic amines is 1. The van der Waals surface area contributed by atoms with E-state index in [1.165, 1.54) is 4.52 Å². The van der Waals surface area contributed by atoms with E-state index in [-0.39, 0.29) is 5.56 Å². The fourth-order valence-corrected chi connectivity index (χ4v) is 3.17. The molecule has 26 heavy (non-hydrogen) atoms. The third-order valence-corrected chi connectivity index (χ3v) is 4.58. The maximum absolute atomic E-state index is 12.9. The second-order valence-corrected chi connectivity index (χ2v) is 6.22. The van der Waals surface area contributed by atoms with Crippen LogP contribution in [0.3, 0.4) is 0 Å². The van der Waals surface area contributed by atoms with Gasteiger partial charge in [0.1, 0.15) is 5.65 Å². The molecule has 0 aliphatic carbocycles. The summed E-state index contributed by atoms with van der Waals surface area (Å²) in [5.41, 5.74) is 5.79. The molecule has 0 unspecified atom stereocenters. The molecule has 0 radical (unpaired) electrons. The zero-order chi connectivity index (χ0) is 18.3. The van der Waals surface area contributed by atoms with Gasteiger partial charge in [0.25, 0.3) is 5.56 Å². The molecule has 0 amide bonds. The highest BCUT2D eigenvalue weighted by molar-refractivity contribution is 5.73. The van der Waals surface area contributed by atoms with Crippen LogP contribution in [0, 0.1) is 25.2 Å². The first kappa shape index (κ1) is 15.9. The van der Waals surface area contributed by atoms with Crippen molar-refractivity contribution in [1.29, 1.82) is 5.26 Å². The minimum Gasteiger partial charge on any atom is -0.339 e. The van der Waals surface area contributed by atoms with E-state index in [1.54, 1.807) is 19.1 Å². The van der Waals surface area contributed by atoms with Gasteiger partial charge in [0.2, 0.25) is 0 Å². The minimum atomic E-state index is -0.165. The standard InChI is InChI=1S/C21H16N4O/c1-13-19(16-8-4-3-5-9-16)24-25-20(13)23-18(14(2)21(25)26)17-10-6-7-15(11-17)12-22/h3-11,23H,1-2H3.